The third-order valence-corrected chi connectivity index (χ3v) is 3.31. The Morgan fingerprint density at radius 2 is 2.05 bits per heavy atom. The number of hydrogen-bond acceptors (Lipinski definition) is 3. The number of rotatable bonds is 5. The fraction of sp³-hybridized carbons (Fsp3) is 0.412. The topological polar surface area (TPSA) is 56.1 Å². The van der Waals surface area contributed by atoms with E-state index in [-0.39, 0.29) is 17.9 Å². The molecule has 0 aliphatic rings. The Morgan fingerprint density at radius 3 is 2.68 bits per heavy atom. The van der Waals surface area contributed by atoms with Gasteiger partial charge in [0, 0.05) is 12.2 Å². The minimum atomic E-state index is -0.180. The molecule has 5 nitrogen and oxygen atoms in total. The van der Waals surface area contributed by atoms with Gasteiger partial charge in [-0.3, -0.25) is 9.48 Å². The number of amides is 1. The minimum absolute atomic E-state index is 0.0338. The number of aryl methyl sites for hydroxylation is 1. The summed E-state index contributed by atoms with van der Waals surface area (Å²) < 4.78 is 7.20. The zero-order valence-electron chi connectivity index (χ0n) is 13.6. The molecule has 5 heteroatoms. The van der Waals surface area contributed by atoms with E-state index in [0.717, 1.165) is 17.8 Å². The van der Waals surface area contributed by atoms with Gasteiger partial charge in [-0.15, -0.1) is 0 Å². The molecule has 0 saturated carbocycles. The van der Waals surface area contributed by atoms with Crippen LogP contribution in [-0.2, 0) is 16.8 Å². The van der Waals surface area contributed by atoms with Crippen LogP contribution in [0.15, 0.2) is 36.7 Å². The fourth-order valence-electron chi connectivity index (χ4n) is 2.17. The van der Waals surface area contributed by atoms with Crippen LogP contribution in [0.4, 0.5) is 5.69 Å². The van der Waals surface area contributed by atoms with Gasteiger partial charge in [0.2, 0.25) is 0 Å². The molecule has 1 aromatic carbocycles. The van der Waals surface area contributed by atoms with Crippen LogP contribution in [0, 0.1) is 0 Å². The van der Waals surface area contributed by atoms with Crippen LogP contribution in [-0.4, -0.2) is 22.3 Å². The van der Waals surface area contributed by atoms with E-state index in [2.05, 4.69) is 31.2 Å². The van der Waals surface area contributed by atoms with Gasteiger partial charge >= 0.3 is 0 Å². The first-order chi connectivity index (χ1) is 10.4. The average molecular weight is 301 g/mol. The lowest BCUT2D eigenvalue weighted by Crippen LogP contribution is -2.23. The van der Waals surface area contributed by atoms with Gasteiger partial charge < -0.3 is 10.1 Å². The Morgan fingerprint density at radius 1 is 1.32 bits per heavy atom. The van der Waals surface area contributed by atoms with Gasteiger partial charge in [0.15, 0.2) is 12.4 Å². The highest BCUT2D eigenvalue weighted by molar-refractivity contribution is 5.92. The molecule has 118 valence electrons. The van der Waals surface area contributed by atoms with Crippen LogP contribution in [0.5, 0.6) is 5.75 Å². The number of anilines is 1. The molecule has 1 aromatic heterocycles. The molecular formula is C17H23N3O2. The Labute approximate surface area is 131 Å². The van der Waals surface area contributed by atoms with Crippen LogP contribution in [0.2, 0.25) is 0 Å². The van der Waals surface area contributed by atoms with E-state index >= 15 is 0 Å². The van der Waals surface area contributed by atoms with Gasteiger partial charge in [-0.2, -0.15) is 5.10 Å². The molecule has 1 heterocycles. The predicted octanol–water partition coefficient (Wildman–Crippen LogP) is 3.22. The van der Waals surface area contributed by atoms with E-state index in [4.69, 9.17) is 4.74 Å². The summed E-state index contributed by atoms with van der Waals surface area (Å²) in [6.45, 7) is 9.09. The summed E-state index contributed by atoms with van der Waals surface area (Å²) in [4.78, 5) is 12.1. The number of ether oxygens (including phenoxy) is 1. The summed E-state index contributed by atoms with van der Waals surface area (Å²) in [6, 6.07) is 7.83. The summed E-state index contributed by atoms with van der Waals surface area (Å²) >= 11 is 0. The summed E-state index contributed by atoms with van der Waals surface area (Å²) in [5.74, 6) is 0.419. The van der Waals surface area contributed by atoms with Crippen molar-refractivity contribution in [1.82, 2.24) is 9.78 Å². The van der Waals surface area contributed by atoms with Crippen LogP contribution in [0.1, 0.15) is 33.3 Å². The van der Waals surface area contributed by atoms with E-state index in [0.29, 0.717) is 5.75 Å². The second-order valence-electron chi connectivity index (χ2n) is 6.16. The molecule has 1 amide bonds. The van der Waals surface area contributed by atoms with Crippen molar-refractivity contribution < 1.29 is 9.53 Å². The standard InChI is InChI=1S/C17H23N3O2/c1-5-20-11-13(10-18-20)22-12-16(21)19-15-9-7-6-8-14(15)17(2,3)4/h6-11H,5,12H2,1-4H3,(H,19,21). The van der Waals surface area contributed by atoms with E-state index in [1.807, 2.05) is 31.2 Å². The number of nitrogens with one attached hydrogen (secondary N) is 1. The summed E-state index contributed by atoms with van der Waals surface area (Å²) in [6.07, 6.45) is 3.39. The lowest BCUT2D eigenvalue weighted by molar-refractivity contribution is -0.118. The monoisotopic (exact) mass is 301 g/mol. The van der Waals surface area contributed by atoms with Crippen LogP contribution in [0.3, 0.4) is 0 Å². The highest BCUT2D eigenvalue weighted by Gasteiger charge is 2.18. The van der Waals surface area contributed by atoms with Crippen molar-refractivity contribution in [3.63, 3.8) is 0 Å². The molecule has 0 radical (unpaired) electrons. The first-order valence-corrected chi connectivity index (χ1v) is 7.44. The Hall–Kier alpha value is -2.30. The molecule has 0 aliphatic carbocycles. The molecule has 1 N–H and O–H groups in total. The van der Waals surface area contributed by atoms with Crippen molar-refractivity contribution in [2.45, 2.75) is 39.7 Å². The SMILES string of the molecule is CCn1cc(OCC(=O)Nc2ccccc2C(C)(C)C)cn1. The number of carbonyl (C=O) groups excluding carboxylic acids is 1. The summed E-state index contributed by atoms with van der Waals surface area (Å²) in [7, 11) is 0. The van der Waals surface area contributed by atoms with Gasteiger partial charge in [-0.1, -0.05) is 39.0 Å². The Bertz CT molecular complexity index is 641. The van der Waals surface area contributed by atoms with E-state index in [1.165, 1.54) is 0 Å². The molecular weight excluding hydrogens is 278 g/mol. The number of benzene rings is 1. The molecule has 0 spiro atoms. The predicted molar refractivity (Wildman–Crippen MR) is 87.2 cm³/mol. The fourth-order valence-corrected chi connectivity index (χ4v) is 2.17. The van der Waals surface area contributed by atoms with Crippen LogP contribution in [0.25, 0.3) is 0 Å². The number of carbonyl (C=O) groups is 1. The lowest BCUT2D eigenvalue weighted by atomic mass is 9.86. The van der Waals surface area contributed by atoms with Gasteiger partial charge in [-0.25, -0.2) is 0 Å². The maximum atomic E-state index is 12.1. The zero-order valence-corrected chi connectivity index (χ0v) is 13.6. The molecule has 0 saturated heterocycles. The van der Waals surface area contributed by atoms with Gasteiger partial charge in [0.1, 0.15) is 0 Å². The normalized spacial score (nSPS) is 11.3. The zero-order chi connectivity index (χ0) is 16.2. The number of aromatic nitrogens is 2. The summed E-state index contributed by atoms with van der Waals surface area (Å²) in [5.41, 5.74) is 1.89. The third kappa shape index (κ3) is 4.10. The second-order valence-corrected chi connectivity index (χ2v) is 6.16. The van der Waals surface area contributed by atoms with Gasteiger partial charge in [0.05, 0.1) is 12.4 Å². The highest BCUT2D eigenvalue weighted by Crippen LogP contribution is 2.29. The van der Waals surface area contributed by atoms with Crippen molar-refractivity contribution in [2.24, 2.45) is 0 Å². The first kappa shape index (κ1) is 16.1. The summed E-state index contributed by atoms with van der Waals surface area (Å²) in [5, 5.41) is 7.02. The first-order valence-electron chi connectivity index (χ1n) is 7.44. The smallest absolute Gasteiger partial charge is 0.262 e. The van der Waals surface area contributed by atoms with Gasteiger partial charge in [-0.05, 0) is 24.0 Å². The van der Waals surface area contributed by atoms with Crippen LogP contribution >= 0.6 is 0 Å². The maximum absolute atomic E-state index is 12.1. The van der Waals surface area contributed by atoms with E-state index in [9.17, 15) is 4.79 Å². The van der Waals surface area contributed by atoms with Crippen molar-refractivity contribution in [3.05, 3.63) is 42.2 Å². The number of para-hydroxylation sites is 1. The molecule has 2 aromatic rings. The van der Waals surface area contributed by atoms with Gasteiger partial charge in [0.25, 0.3) is 5.91 Å². The van der Waals surface area contributed by atoms with E-state index < -0.39 is 0 Å². The second kappa shape index (κ2) is 6.64. The molecule has 0 aliphatic heterocycles. The van der Waals surface area contributed by atoms with Crippen molar-refractivity contribution in [2.75, 3.05) is 11.9 Å². The number of hydrogen-bond donors (Lipinski definition) is 1. The molecule has 0 unspecified atom stereocenters. The minimum Gasteiger partial charge on any atom is -0.480 e. The molecule has 22 heavy (non-hydrogen) atoms. The highest BCUT2D eigenvalue weighted by atomic mass is 16.5. The quantitative estimate of drug-likeness (QED) is 0.922. The molecule has 0 fully saturated rings. The third-order valence-electron chi connectivity index (χ3n) is 3.31. The average Bonchev–Trinajstić information content (AvgIpc) is 2.92. The lowest BCUT2D eigenvalue weighted by Gasteiger charge is -2.22. The van der Waals surface area contributed by atoms with Crippen molar-refractivity contribution in [3.8, 4) is 5.75 Å². The van der Waals surface area contributed by atoms with E-state index in [1.54, 1.807) is 17.1 Å². The largest absolute Gasteiger partial charge is 0.480 e. The Kier molecular flexibility index (Phi) is 4.85. The van der Waals surface area contributed by atoms with Crippen LogP contribution < -0.4 is 10.1 Å². The molecule has 0 atom stereocenters. The number of nitrogens with zero attached hydrogens (tertiary/aromatic N) is 2. The Balaban J connectivity index is 1.98. The molecule has 2 rings (SSSR count). The maximum Gasteiger partial charge on any atom is 0.262 e. The van der Waals surface area contributed by atoms with Crippen molar-refractivity contribution >= 4 is 11.6 Å². The molecule has 0 bridgehead atoms. The van der Waals surface area contributed by atoms with Crippen molar-refractivity contribution in [1.29, 1.82) is 0 Å².